The van der Waals surface area contributed by atoms with Crippen molar-refractivity contribution in [3.63, 3.8) is 0 Å². The summed E-state index contributed by atoms with van der Waals surface area (Å²) in [5.74, 6) is 0. The van der Waals surface area contributed by atoms with E-state index >= 15 is 0 Å². The van der Waals surface area contributed by atoms with E-state index in [1.807, 2.05) is 24.3 Å². The number of rotatable bonds is 8. The van der Waals surface area contributed by atoms with E-state index in [-0.39, 0.29) is 34.0 Å². The fourth-order valence-electron chi connectivity index (χ4n) is 4.47. The van der Waals surface area contributed by atoms with E-state index in [1.54, 1.807) is 0 Å². The highest BCUT2D eigenvalue weighted by molar-refractivity contribution is 6.30. The van der Waals surface area contributed by atoms with Crippen molar-refractivity contribution in [2.75, 3.05) is 30.9 Å². The molecule has 0 N–H and O–H groups in total. The highest BCUT2D eigenvalue weighted by atomic mass is 79.9. The summed E-state index contributed by atoms with van der Waals surface area (Å²) in [6.45, 7) is 1.69. The van der Waals surface area contributed by atoms with Crippen LogP contribution in [0.4, 0.5) is 17.1 Å². The molecule has 0 aliphatic heterocycles. The largest absolute Gasteiger partial charge is 1.00 e. The Balaban J connectivity index is 0.00000220. The number of nitrogens with zero attached hydrogens (tertiary/aromatic N) is 4. The summed E-state index contributed by atoms with van der Waals surface area (Å²) in [5, 5.41) is 0.747. The van der Waals surface area contributed by atoms with Crippen molar-refractivity contribution < 1.29 is 43.1 Å². The summed E-state index contributed by atoms with van der Waals surface area (Å²) in [7, 11) is 6.18. The molecule has 0 saturated carbocycles. The van der Waals surface area contributed by atoms with E-state index < -0.39 is 0 Å². The molecule has 206 valence electrons. The first-order chi connectivity index (χ1) is 18.4. The fourth-order valence-corrected chi connectivity index (χ4v) is 4.60. The monoisotopic (exact) mass is 678 g/mol. The van der Waals surface area contributed by atoms with Crippen LogP contribution in [0.2, 0.25) is 5.02 Å². The third kappa shape index (κ3) is 7.94. The molecule has 40 heavy (non-hydrogen) atoms. The van der Waals surface area contributed by atoms with Crippen LogP contribution in [0, 0.1) is 0 Å². The van der Waals surface area contributed by atoms with Crippen molar-refractivity contribution >= 4 is 28.7 Å². The van der Waals surface area contributed by atoms with E-state index in [0.717, 1.165) is 29.5 Å². The summed E-state index contributed by atoms with van der Waals surface area (Å²) in [5.41, 5.74) is 8.46. The zero-order valence-electron chi connectivity index (χ0n) is 22.9. The van der Waals surface area contributed by atoms with Gasteiger partial charge in [0.05, 0.1) is 5.69 Å². The Morgan fingerprint density at radius 3 is 1.27 bits per heavy atom. The molecule has 0 fully saturated rings. The van der Waals surface area contributed by atoms with E-state index in [2.05, 4.69) is 138 Å². The summed E-state index contributed by atoms with van der Waals surface area (Å²) in [6.07, 6.45) is 8.51. The van der Waals surface area contributed by atoms with Crippen molar-refractivity contribution in [2.45, 2.75) is 13.1 Å². The van der Waals surface area contributed by atoms with Gasteiger partial charge in [-0.2, -0.15) is 0 Å². The minimum atomic E-state index is 0. The molecule has 0 amide bonds. The molecule has 0 bridgehead atoms. The van der Waals surface area contributed by atoms with Gasteiger partial charge in [0.15, 0.2) is 37.9 Å². The van der Waals surface area contributed by atoms with Crippen molar-refractivity contribution in [2.24, 2.45) is 0 Å². The van der Waals surface area contributed by atoms with Gasteiger partial charge in [-0.15, -0.1) is 0 Å². The quantitative estimate of drug-likeness (QED) is 0.222. The van der Waals surface area contributed by atoms with Crippen molar-refractivity contribution in [1.29, 1.82) is 0 Å². The molecule has 0 radical (unpaired) electrons. The van der Waals surface area contributed by atoms with Gasteiger partial charge in [0.2, 0.25) is 0 Å². The van der Waals surface area contributed by atoms with Crippen molar-refractivity contribution in [3.8, 4) is 11.1 Å². The Labute approximate surface area is 263 Å². The zero-order chi connectivity index (χ0) is 26.5. The maximum Gasteiger partial charge on any atom is 0.173 e. The van der Waals surface area contributed by atoms with Crippen LogP contribution in [0.25, 0.3) is 11.1 Å². The number of hydrogen-bond donors (Lipinski definition) is 0. The van der Waals surface area contributed by atoms with Crippen LogP contribution >= 0.6 is 11.6 Å². The summed E-state index contributed by atoms with van der Waals surface area (Å²) < 4.78 is 4.41. The average molecular weight is 681 g/mol. The third-order valence-electron chi connectivity index (χ3n) is 6.84. The third-order valence-corrected chi connectivity index (χ3v) is 7.09. The van der Waals surface area contributed by atoms with Gasteiger partial charge in [-0.25, -0.2) is 9.13 Å². The Bertz CT molecular complexity index is 1470. The number of aromatic nitrogens is 2. The maximum atomic E-state index is 6.03. The standard InChI is InChI=1S/C33H33ClN4.2BrH/c1-35(2)31-16-20-37(21-17-31)24-26-4-8-28(9-5-26)29-10-6-27(7-11-29)25-38-22-18-33(19-23-38)36(3)32-14-12-30(34)13-15-32;;/h4-23H,24-25H2,1-3H3;2*1H/q+2;;/p-2. The van der Waals surface area contributed by atoms with Gasteiger partial charge in [-0.1, -0.05) is 60.1 Å². The van der Waals surface area contributed by atoms with Gasteiger partial charge in [0.25, 0.3) is 0 Å². The Morgan fingerprint density at radius 1 is 0.500 bits per heavy atom. The van der Waals surface area contributed by atoms with Crippen LogP contribution in [0.3, 0.4) is 0 Å². The Kier molecular flexibility index (Phi) is 11.3. The number of halogens is 3. The van der Waals surface area contributed by atoms with Crippen LogP contribution in [0.5, 0.6) is 0 Å². The van der Waals surface area contributed by atoms with Crippen molar-refractivity contribution in [1.82, 2.24) is 0 Å². The molecule has 0 spiro atoms. The van der Waals surface area contributed by atoms with Gasteiger partial charge in [-0.05, 0) is 35.4 Å². The second kappa shape index (κ2) is 14.4. The van der Waals surface area contributed by atoms with Crippen LogP contribution in [-0.4, -0.2) is 21.1 Å². The van der Waals surface area contributed by atoms with E-state index in [9.17, 15) is 0 Å². The SMILES string of the molecule is CN(C)c1cc[n+](Cc2ccc(-c3ccc(C[n+]4ccc(N(C)c5ccc(Cl)cc5)cc4)cc3)cc2)cc1.[Br-].[Br-]. The van der Waals surface area contributed by atoms with Crippen LogP contribution < -0.4 is 52.9 Å². The van der Waals surface area contributed by atoms with E-state index in [1.165, 1.54) is 27.9 Å². The predicted octanol–water partition coefficient (Wildman–Crippen LogP) is 0.521. The number of pyridine rings is 2. The van der Waals surface area contributed by atoms with Gasteiger partial charge in [-0.3, -0.25) is 0 Å². The average Bonchev–Trinajstić information content (AvgIpc) is 2.95. The molecule has 0 atom stereocenters. The number of hydrogen-bond acceptors (Lipinski definition) is 2. The molecule has 0 saturated heterocycles. The highest BCUT2D eigenvalue weighted by Crippen LogP contribution is 2.24. The molecule has 0 unspecified atom stereocenters. The maximum absolute atomic E-state index is 6.03. The van der Waals surface area contributed by atoms with Crippen LogP contribution in [-0.2, 0) is 13.1 Å². The number of anilines is 3. The molecule has 5 rings (SSSR count). The topological polar surface area (TPSA) is 14.2 Å². The molecule has 2 aromatic heterocycles. The first kappa shape index (κ1) is 31.3. The molecule has 0 aliphatic carbocycles. The second-order valence-corrected chi connectivity index (χ2v) is 10.2. The van der Waals surface area contributed by atoms with Crippen LogP contribution in [0.15, 0.2) is 122 Å². The summed E-state index contributed by atoms with van der Waals surface area (Å²) >= 11 is 6.03. The molecule has 3 aromatic carbocycles. The molecule has 2 heterocycles. The van der Waals surface area contributed by atoms with Gasteiger partial charge in [0.1, 0.15) is 0 Å². The first-order valence-corrected chi connectivity index (χ1v) is 13.2. The lowest BCUT2D eigenvalue weighted by Crippen LogP contribution is -3.00. The summed E-state index contributed by atoms with van der Waals surface area (Å²) in [4.78, 5) is 4.27. The minimum absolute atomic E-state index is 0. The molecule has 7 heteroatoms. The zero-order valence-corrected chi connectivity index (χ0v) is 26.8. The van der Waals surface area contributed by atoms with E-state index in [4.69, 9.17) is 11.6 Å². The molecule has 0 aliphatic rings. The lowest BCUT2D eigenvalue weighted by Gasteiger charge is -2.18. The lowest BCUT2D eigenvalue weighted by atomic mass is 10.0. The van der Waals surface area contributed by atoms with Gasteiger partial charge >= 0.3 is 0 Å². The summed E-state index contributed by atoms with van der Waals surface area (Å²) in [6, 6.07) is 34.2. The Morgan fingerprint density at radius 2 is 0.875 bits per heavy atom. The predicted molar refractivity (Wildman–Crippen MR) is 157 cm³/mol. The lowest BCUT2D eigenvalue weighted by molar-refractivity contribution is -0.688. The van der Waals surface area contributed by atoms with Crippen molar-refractivity contribution in [3.05, 3.63) is 138 Å². The number of benzene rings is 3. The van der Waals surface area contributed by atoms with E-state index in [0.29, 0.717) is 0 Å². The Hall–Kier alpha value is -3.19. The van der Waals surface area contributed by atoms with Gasteiger partial charge < -0.3 is 43.8 Å². The normalized spacial score (nSPS) is 10.3. The highest BCUT2D eigenvalue weighted by Gasteiger charge is 2.09. The fraction of sp³-hybridized carbons (Fsp3) is 0.152. The first-order valence-electron chi connectivity index (χ1n) is 12.8. The van der Waals surface area contributed by atoms with Gasteiger partial charge in [0, 0.05) is 72.9 Å². The molecular formula is C33H33Br2ClN4. The minimum Gasteiger partial charge on any atom is -1.00 e. The molecular weight excluding hydrogens is 648 g/mol. The second-order valence-electron chi connectivity index (χ2n) is 9.78. The molecule has 5 aromatic rings. The smallest absolute Gasteiger partial charge is 0.173 e. The van der Waals surface area contributed by atoms with Crippen LogP contribution in [0.1, 0.15) is 11.1 Å². The molecule has 4 nitrogen and oxygen atoms in total.